The molecule has 0 saturated carbocycles. The molecule has 1 atom stereocenters. The number of hydrogen-bond donors (Lipinski definition) is 1. The third-order valence-corrected chi connectivity index (χ3v) is 4.82. The first-order valence-electron chi connectivity index (χ1n) is 9.98. The number of nitrogens with one attached hydrogen (secondary N) is 1. The minimum Gasteiger partial charge on any atom is -0.493 e. The maximum atomic E-state index is 12.8. The zero-order valence-electron chi connectivity index (χ0n) is 18.9. The van der Waals surface area contributed by atoms with Gasteiger partial charge in [0.05, 0.1) is 37.5 Å². The molecule has 0 bridgehead atoms. The van der Waals surface area contributed by atoms with Crippen molar-refractivity contribution in [1.29, 1.82) is 0 Å². The predicted molar refractivity (Wildman–Crippen MR) is 126 cm³/mol. The number of amides is 1. The number of ketones is 1. The fourth-order valence-corrected chi connectivity index (χ4v) is 3.21. The Kier molecular flexibility index (Phi) is 9.74. The van der Waals surface area contributed by atoms with Crippen LogP contribution in [0.3, 0.4) is 0 Å². The molecule has 11 heteroatoms. The van der Waals surface area contributed by atoms with E-state index in [1.54, 1.807) is 13.0 Å². The van der Waals surface area contributed by atoms with Crippen LogP contribution in [0.1, 0.15) is 20.8 Å². The molecule has 9 nitrogen and oxygen atoms in total. The molecule has 2 aromatic rings. The molecule has 0 aliphatic rings. The first-order chi connectivity index (χ1) is 15.7. The minimum absolute atomic E-state index is 0.205. The molecule has 0 aliphatic heterocycles. The van der Waals surface area contributed by atoms with Gasteiger partial charge in [-0.2, -0.15) is 10.2 Å². The van der Waals surface area contributed by atoms with Gasteiger partial charge in [-0.25, -0.2) is 0 Å². The van der Waals surface area contributed by atoms with E-state index in [1.807, 2.05) is 6.92 Å². The zero-order valence-corrected chi connectivity index (χ0v) is 20.4. The molecule has 33 heavy (non-hydrogen) atoms. The second-order valence-electron chi connectivity index (χ2n) is 6.53. The fourth-order valence-electron chi connectivity index (χ4n) is 2.76. The van der Waals surface area contributed by atoms with Crippen molar-refractivity contribution in [3.8, 4) is 23.0 Å². The van der Waals surface area contributed by atoms with Crippen LogP contribution in [0.25, 0.3) is 0 Å². The molecule has 1 N–H and O–H groups in total. The lowest BCUT2D eigenvalue weighted by atomic mass is 10.2. The van der Waals surface area contributed by atoms with E-state index in [0.717, 1.165) is 0 Å². The van der Waals surface area contributed by atoms with Gasteiger partial charge in [0.15, 0.2) is 28.8 Å². The normalized spacial score (nSPS) is 11.7. The molecular formula is C22H25Cl2N3O6. The van der Waals surface area contributed by atoms with Crippen molar-refractivity contribution >= 4 is 46.3 Å². The Hall–Kier alpha value is -3.04. The van der Waals surface area contributed by atoms with E-state index >= 15 is 0 Å². The van der Waals surface area contributed by atoms with Crippen molar-refractivity contribution in [2.75, 3.05) is 32.8 Å². The monoisotopic (exact) mass is 497 g/mol. The predicted octanol–water partition coefficient (Wildman–Crippen LogP) is 5.49. The average Bonchev–Trinajstić information content (AvgIpc) is 2.76. The van der Waals surface area contributed by atoms with Crippen molar-refractivity contribution in [3.05, 3.63) is 34.3 Å². The van der Waals surface area contributed by atoms with Gasteiger partial charge in [-0.1, -0.05) is 23.2 Å². The number of halogens is 2. The second-order valence-corrected chi connectivity index (χ2v) is 7.34. The summed E-state index contributed by atoms with van der Waals surface area (Å²) in [6, 6.07) is 4.61. The molecule has 2 rings (SSSR count). The average molecular weight is 498 g/mol. The Morgan fingerprint density at radius 1 is 0.939 bits per heavy atom. The third-order valence-electron chi connectivity index (χ3n) is 4.23. The van der Waals surface area contributed by atoms with E-state index in [0.29, 0.717) is 41.9 Å². The van der Waals surface area contributed by atoms with Crippen LogP contribution in [0.4, 0.5) is 11.4 Å². The number of hydrogen-bond acceptors (Lipinski definition) is 8. The number of Topliss-reactive ketones (excluding diaryl/α,β-unsaturated/α-hetero) is 1. The summed E-state index contributed by atoms with van der Waals surface area (Å²) in [4.78, 5) is 24.9. The van der Waals surface area contributed by atoms with Crippen molar-refractivity contribution in [3.63, 3.8) is 0 Å². The molecule has 2 aromatic carbocycles. The Labute approximate surface area is 202 Å². The smallest absolute Gasteiger partial charge is 0.258 e. The zero-order chi connectivity index (χ0) is 24.5. The Morgan fingerprint density at radius 2 is 1.58 bits per heavy atom. The molecule has 1 unspecified atom stereocenters. The van der Waals surface area contributed by atoms with Crippen LogP contribution in [0.5, 0.6) is 23.0 Å². The van der Waals surface area contributed by atoms with E-state index in [9.17, 15) is 9.59 Å². The van der Waals surface area contributed by atoms with E-state index in [2.05, 4.69) is 15.5 Å². The maximum Gasteiger partial charge on any atom is 0.258 e. The van der Waals surface area contributed by atoms with Crippen LogP contribution < -0.4 is 24.3 Å². The summed E-state index contributed by atoms with van der Waals surface area (Å²) >= 11 is 12.5. The summed E-state index contributed by atoms with van der Waals surface area (Å²) in [7, 11) is 2.92. The summed E-state index contributed by atoms with van der Waals surface area (Å²) in [5.41, 5.74) is 0.513. The van der Waals surface area contributed by atoms with Gasteiger partial charge in [-0.3, -0.25) is 9.59 Å². The molecular weight excluding hydrogens is 473 g/mol. The van der Waals surface area contributed by atoms with Crippen molar-refractivity contribution < 1.29 is 28.5 Å². The summed E-state index contributed by atoms with van der Waals surface area (Å²) in [5, 5.41) is 11.0. The standard InChI is InChI=1S/C22H25Cl2N3O6/c1-6-32-19-9-13(8-15(24)21(19)33-7-2)25-22(29)20(12(3)28)27-26-16-11-18(31-5)17(30-4)10-14(16)23/h8-11,20H,6-7H2,1-5H3,(H,25,29). The number of anilines is 1. The molecule has 0 aromatic heterocycles. The number of carbonyl (C=O) groups is 2. The lowest BCUT2D eigenvalue weighted by molar-refractivity contribution is -0.126. The number of ether oxygens (including phenoxy) is 4. The molecule has 0 fully saturated rings. The second kappa shape index (κ2) is 12.3. The van der Waals surface area contributed by atoms with Gasteiger partial charge in [0.25, 0.3) is 5.91 Å². The lowest BCUT2D eigenvalue weighted by Crippen LogP contribution is -2.31. The third kappa shape index (κ3) is 6.72. The Morgan fingerprint density at radius 3 is 2.15 bits per heavy atom. The van der Waals surface area contributed by atoms with Gasteiger partial charge in [-0.05, 0) is 26.8 Å². The molecule has 0 radical (unpaired) electrons. The summed E-state index contributed by atoms with van der Waals surface area (Å²) < 4.78 is 21.5. The van der Waals surface area contributed by atoms with Gasteiger partial charge in [0.2, 0.25) is 6.04 Å². The van der Waals surface area contributed by atoms with Crippen molar-refractivity contribution in [1.82, 2.24) is 0 Å². The molecule has 0 aliphatic carbocycles. The van der Waals surface area contributed by atoms with Crippen LogP contribution in [-0.2, 0) is 9.59 Å². The Bertz CT molecular complexity index is 1050. The van der Waals surface area contributed by atoms with Gasteiger partial charge < -0.3 is 24.3 Å². The number of nitrogens with zero attached hydrogens (tertiary/aromatic N) is 2. The maximum absolute atomic E-state index is 12.8. The highest BCUT2D eigenvalue weighted by atomic mass is 35.5. The van der Waals surface area contributed by atoms with Crippen molar-refractivity contribution in [2.24, 2.45) is 10.2 Å². The topological polar surface area (TPSA) is 108 Å². The fraction of sp³-hybridized carbons (Fsp3) is 0.364. The number of methoxy groups -OCH3 is 2. The van der Waals surface area contributed by atoms with Gasteiger partial charge in [-0.15, -0.1) is 0 Å². The van der Waals surface area contributed by atoms with Gasteiger partial charge in [0, 0.05) is 23.9 Å². The van der Waals surface area contributed by atoms with Crippen LogP contribution in [0, 0.1) is 0 Å². The van der Waals surface area contributed by atoms with Crippen LogP contribution in [-0.4, -0.2) is 45.2 Å². The molecule has 0 heterocycles. The van der Waals surface area contributed by atoms with Gasteiger partial charge in [0.1, 0.15) is 5.69 Å². The van der Waals surface area contributed by atoms with Crippen LogP contribution in [0.15, 0.2) is 34.5 Å². The van der Waals surface area contributed by atoms with Crippen molar-refractivity contribution in [2.45, 2.75) is 26.8 Å². The SMILES string of the molecule is CCOc1cc(NC(=O)C(N=Nc2cc(OC)c(OC)cc2Cl)C(C)=O)cc(Cl)c1OCC. The van der Waals surface area contributed by atoms with E-state index in [-0.39, 0.29) is 15.7 Å². The van der Waals surface area contributed by atoms with Crippen LogP contribution in [0.2, 0.25) is 10.0 Å². The van der Waals surface area contributed by atoms with Crippen LogP contribution >= 0.6 is 23.2 Å². The highest BCUT2D eigenvalue weighted by Crippen LogP contribution is 2.39. The number of azo groups is 1. The largest absolute Gasteiger partial charge is 0.493 e. The highest BCUT2D eigenvalue weighted by molar-refractivity contribution is 6.33. The molecule has 0 saturated heterocycles. The van der Waals surface area contributed by atoms with E-state index < -0.39 is 17.7 Å². The Balaban J connectivity index is 2.31. The van der Waals surface area contributed by atoms with Gasteiger partial charge >= 0.3 is 0 Å². The lowest BCUT2D eigenvalue weighted by Gasteiger charge is -2.15. The first-order valence-corrected chi connectivity index (χ1v) is 10.7. The van der Waals surface area contributed by atoms with E-state index in [4.69, 9.17) is 42.1 Å². The molecule has 178 valence electrons. The highest BCUT2D eigenvalue weighted by Gasteiger charge is 2.24. The number of benzene rings is 2. The quantitative estimate of drug-likeness (QED) is 0.324. The minimum atomic E-state index is -1.42. The summed E-state index contributed by atoms with van der Waals surface area (Å²) in [6.07, 6.45) is 0. The summed E-state index contributed by atoms with van der Waals surface area (Å²) in [6.45, 7) is 5.60. The number of carbonyl (C=O) groups excluding carboxylic acids is 2. The van der Waals surface area contributed by atoms with E-state index in [1.165, 1.54) is 39.3 Å². The summed E-state index contributed by atoms with van der Waals surface area (Å²) in [5.74, 6) is 0.276. The molecule has 1 amide bonds. The molecule has 0 spiro atoms. The first kappa shape index (κ1) is 26.2. The number of rotatable bonds is 11.